The summed E-state index contributed by atoms with van der Waals surface area (Å²) in [4.78, 5) is 54.3. The van der Waals surface area contributed by atoms with E-state index in [-0.39, 0.29) is 31.9 Å². The zero-order valence-corrected chi connectivity index (χ0v) is 27.4. The zero-order valence-electron chi connectivity index (χ0n) is 27.4. The molecule has 2 aromatic rings. The molecule has 11 nitrogen and oxygen atoms in total. The number of aliphatic hydroxyl groups is 2. The lowest BCUT2D eigenvalue weighted by Gasteiger charge is -2.38. The van der Waals surface area contributed by atoms with E-state index in [1.54, 1.807) is 18.7 Å². The first-order valence-electron chi connectivity index (χ1n) is 16.5. The van der Waals surface area contributed by atoms with Crippen molar-refractivity contribution in [3.05, 3.63) is 65.7 Å². The Hall–Kier alpha value is -3.80. The number of hydrogen-bond donors (Lipinski definition) is 6. The minimum Gasteiger partial charge on any atom is -0.396 e. The lowest BCUT2D eigenvalue weighted by atomic mass is 9.94. The second-order valence-corrected chi connectivity index (χ2v) is 12.3. The van der Waals surface area contributed by atoms with E-state index in [9.17, 15) is 29.4 Å². The van der Waals surface area contributed by atoms with Crippen molar-refractivity contribution in [2.45, 2.75) is 102 Å². The summed E-state index contributed by atoms with van der Waals surface area (Å²) in [6.07, 6.45) is 3.16. The summed E-state index contributed by atoms with van der Waals surface area (Å²) in [5.41, 5.74) is 1.31. The molecular formula is C35H51N5O6. The van der Waals surface area contributed by atoms with Crippen LogP contribution in [0.25, 0.3) is 0 Å². The molecule has 4 amide bonds. The van der Waals surface area contributed by atoms with Gasteiger partial charge in [-0.15, -0.1) is 0 Å². The van der Waals surface area contributed by atoms with Crippen LogP contribution in [0.4, 0.5) is 5.69 Å². The highest BCUT2D eigenvalue weighted by Crippen LogP contribution is 2.18. The molecule has 252 valence electrons. The summed E-state index contributed by atoms with van der Waals surface area (Å²) in [5, 5.41) is 32.4. The molecule has 0 saturated carbocycles. The maximum atomic E-state index is 13.7. The summed E-state index contributed by atoms with van der Waals surface area (Å²) in [7, 11) is 0. The lowest BCUT2D eigenvalue weighted by Crippen LogP contribution is -2.65. The summed E-state index contributed by atoms with van der Waals surface area (Å²) in [6.45, 7) is 5.70. The van der Waals surface area contributed by atoms with Gasteiger partial charge in [-0.2, -0.15) is 0 Å². The predicted octanol–water partition coefficient (Wildman–Crippen LogP) is 2.65. The summed E-state index contributed by atoms with van der Waals surface area (Å²) in [6, 6.07) is 15.4. The molecule has 0 radical (unpaired) electrons. The van der Waals surface area contributed by atoms with Crippen LogP contribution in [0.1, 0.15) is 76.8 Å². The van der Waals surface area contributed by atoms with E-state index in [1.807, 2.05) is 61.5 Å². The van der Waals surface area contributed by atoms with Crippen LogP contribution in [-0.2, 0) is 32.0 Å². The number of aryl methyl sites for hydroxylation is 1. The van der Waals surface area contributed by atoms with Crippen LogP contribution in [0.15, 0.2) is 54.6 Å². The van der Waals surface area contributed by atoms with Gasteiger partial charge in [-0.25, -0.2) is 0 Å². The molecule has 0 aliphatic carbocycles. The number of unbranched alkanes of at least 4 members (excludes halogenated alkanes) is 2. The minimum atomic E-state index is -1.29. The SMILES string of the molecule is CCCCN1CC(=O)N[C@@H](CCCCO)C(=O)N[C@@](C)(CC)C(=O)N[C@@H](Cc2ccc(CCC(=O)Nc3ccccc3)cc2)C1O. The van der Waals surface area contributed by atoms with E-state index in [2.05, 4.69) is 21.3 Å². The van der Waals surface area contributed by atoms with Crippen molar-refractivity contribution in [3.8, 4) is 0 Å². The van der Waals surface area contributed by atoms with Gasteiger partial charge in [-0.3, -0.25) is 24.1 Å². The summed E-state index contributed by atoms with van der Waals surface area (Å²) < 4.78 is 0. The van der Waals surface area contributed by atoms with Crippen LogP contribution in [0.2, 0.25) is 0 Å². The molecule has 4 atom stereocenters. The molecule has 46 heavy (non-hydrogen) atoms. The average molecular weight is 638 g/mol. The number of anilines is 1. The van der Waals surface area contributed by atoms with Crippen LogP contribution in [-0.4, -0.2) is 82.3 Å². The Morgan fingerprint density at radius 1 is 0.978 bits per heavy atom. The van der Waals surface area contributed by atoms with Crippen LogP contribution < -0.4 is 21.3 Å². The number of carbonyl (C=O) groups is 4. The fraction of sp³-hybridized carbons (Fsp3) is 0.543. The van der Waals surface area contributed by atoms with Gasteiger partial charge in [0.15, 0.2) is 0 Å². The molecule has 0 aromatic heterocycles. The highest BCUT2D eigenvalue weighted by molar-refractivity contribution is 5.95. The normalized spacial score (nSPS) is 23.0. The van der Waals surface area contributed by atoms with E-state index in [0.717, 1.165) is 29.7 Å². The van der Waals surface area contributed by atoms with E-state index in [1.165, 1.54) is 0 Å². The zero-order chi connectivity index (χ0) is 33.5. The molecule has 0 bridgehead atoms. The Balaban J connectivity index is 1.78. The van der Waals surface area contributed by atoms with Crippen molar-refractivity contribution in [2.75, 3.05) is 25.0 Å². The lowest BCUT2D eigenvalue weighted by molar-refractivity contribution is -0.139. The summed E-state index contributed by atoms with van der Waals surface area (Å²) >= 11 is 0. The average Bonchev–Trinajstić information content (AvgIpc) is 3.05. The second kappa shape index (κ2) is 18.4. The molecular weight excluding hydrogens is 586 g/mol. The van der Waals surface area contributed by atoms with Crippen molar-refractivity contribution >= 4 is 29.3 Å². The predicted molar refractivity (Wildman–Crippen MR) is 178 cm³/mol. The number of nitrogens with one attached hydrogen (secondary N) is 4. The van der Waals surface area contributed by atoms with E-state index in [0.29, 0.717) is 38.6 Å². The summed E-state index contributed by atoms with van der Waals surface area (Å²) in [5.74, 6) is -1.36. The molecule has 2 aromatic carbocycles. The highest BCUT2D eigenvalue weighted by Gasteiger charge is 2.39. The van der Waals surface area contributed by atoms with E-state index >= 15 is 0 Å². The second-order valence-electron chi connectivity index (χ2n) is 12.3. The third-order valence-corrected chi connectivity index (χ3v) is 8.53. The van der Waals surface area contributed by atoms with Gasteiger partial charge < -0.3 is 31.5 Å². The number of aliphatic hydroxyl groups excluding tert-OH is 2. The maximum absolute atomic E-state index is 13.7. The molecule has 1 fully saturated rings. The largest absolute Gasteiger partial charge is 0.396 e. The van der Waals surface area contributed by atoms with Crippen molar-refractivity contribution in [2.24, 2.45) is 0 Å². The molecule has 1 unspecified atom stereocenters. The molecule has 0 spiro atoms. The molecule has 1 heterocycles. The Kier molecular flexibility index (Phi) is 14.6. The number of benzene rings is 2. The van der Waals surface area contributed by atoms with Crippen molar-refractivity contribution in [1.82, 2.24) is 20.9 Å². The Morgan fingerprint density at radius 3 is 2.33 bits per heavy atom. The van der Waals surface area contributed by atoms with Gasteiger partial charge in [0.05, 0.1) is 12.6 Å². The van der Waals surface area contributed by atoms with Crippen molar-refractivity contribution in [1.29, 1.82) is 0 Å². The molecule has 6 N–H and O–H groups in total. The molecule has 1 aliphatic heterocycles. The number of para-hydroxylation sites is 1. The van der Waals surface area contributed by atoms with Gasteiger partial charge in [0.2, 0.25) is 23.6 Å². The smallest absolute Gasteiger partial charge is 0.245 e. The van der Waals surface area contributed by atoms with Crippen LogP contribution >= 0.6 is 0 Å². The number of nitrogens with zero attached hydrogens (tertiary/aromatic N) is 1. The van der Waals surface area contributed by atoms with Gasteiger partial charge in [0, 0.05) is 25.3 Å². The molecule has 1 aliphatic rings. The third kappa shape index (κ3) is 11.2. The van der Waals surface area contributed by atoms with Crippen LogP contribution in [0.3, 0.4) is 0 Å². The fourth-order valence-electron chi connectivity index (χ4n) is 5.40. The van der Waals surface area contributed by atoms with Gasteiger partial charge in [0.25, 0.3) is 0 Å². The number of carbonyl (C=O) groups excluding carboxylic acids is 4. The first-order valence-corrected chi connectivity index (χ1v) is 16.5. The van der Waals surface area contributed by atoms with Gasteiger partial charge >= 0.3 is 0 Å². The third-order valence-electron chi connectivity index (χ3n) is 8.53. The number of amides is 4. The molecule has 11 heteroatoms. The number of rotatable bonds is 14. The highest BCUT2D eigenvalue weighted by atomic mass is 16.3. The first-order chi connectivity index (χ1) is 22.1. The first kappa shape index (κ1) is 36.7. The van der Waals surface area contributed by atoms with Gasteiger partial charge in [0.1, 0.15) is 17.8 Å². The van der Waals surface area contributed by atoms with Gasteiger partial charge in [-0.05, 0) is 75.1 Å². The maximum Gasteiger partial charge on any atom is 0.245 e. The fourth-order valence-corrected chi connectivity index (χ4v) is 5.40. The Labute approximate surface area is 272 Å². The topological polar surface area (TPSA) is 160 Å². The molecule has 1 saturated heterocycles. The quantitative estimate of drug-likeness (QED) is 0.174. The van der Waals surface area contributed by atoms with Gasteiger partial charge in [-0.1, -0.05) is 62.7 Å². The number of hydrogen-bond acceptors (Lipinski definition) is 7. The van der Waals surface area contributed by atoms with Crippen LogP contribution in [0, 0.1) is 0 Å². The van der Waals surface area contributed by atoms with Crippen molar-refractivity contribution in [3.63, 3.8) is 0 Å². The van der Waals surface area contributed by atoms with E-state index < -0.39 is 41.6 Å². The van der Waals surface area contributed by atoms with E-state index in [4.69, 9.17) is 0 Å². The standard InChI is InChI=1S/C35H51N5O6/c1-4-6-21-40-24-31(43)37-28(14-10-11-22-41)32(44)39-35(3,5-2)34(46)38-29(33(40)45)23-26-17-15-25(16-18-26)19-20-30(42)36-27-12-8-7-9-13-27/h7-9,12-13,15-18,28-29,33,41,45H,4-6,10-11,14,19-24H2,1-3H3,(H,36,42)(H,37,43)(H,38,46)(H,39,44)/t28-,29-,33?,35-/m0/s1. The minimum absolute atomic E-state index is 0.0234. The van der Waals surface area contributed by atoms with Crippen LogP contribution in [0.5, 0.6) is 0 Å². The Morgan fingerprint density at radius 2 is 1.67 bits per heavy atom. The van der Waals surface area contributed by atoms with Crippen molar-refractivity contribution < 1.29 is 29.4 Å². The molecule has 3 rings (SSSR count). The monoisotopic (exact) mass is 637 g/mol. The Bertz CT molecular complexity index is 1270.